The third kappa shape index (κ3) is 3.94. The van der Waals surface area contributed by atoms with Crippen molar-refractivity contribution in [1.82, 2.24) is 14.5 Å². The lowest BCUT2D eigenvalue weighted by molar-refractivity contribution is -0.385. The highest BCUT2D eigenvalue weighted by Gasteiger charge is 2.31. The number of nitro groups is 1. The van der Waals surface area contributed by atoms with Crippen molar-refractivity contribution in [2.45, 2.75) is 31.6 Å². The molecule has 0 spiro atoms. The molecule has 0 amide bonds. The summed E-state index contributed by atoms with van der Waals surface area (Å²) in [6.45, 7) is 7.33. The lowest BCUT2D eigenvalue weighted by atomic mass is 10.2. The Morgan fingerprint density at radius 3 is 2.41 bits per heavy atom. The molecule has 0 unspecified atom stereocenters. The summed E-state index contributed by atoms with van der Waals surface area (Å²) in [4.78, 5) is 12.4. The van der Waals surface area contributed by atoms with Gasteiger partial charge in [0, 0.05) is 44.2 Å². The van der Waals surface area contributed by atoms with E-state index in [2.05, 4.69) is 24.0 Å². The summed E-state index contributed by atoms with van der Waals surface area (Å²) in [5, 5.41) is 21.1. The first kappa shape index (κ1) is 19.6. The van der Waals surface area contributed by atoms with Gasteiger partial charge in [-0.15, -0.1) is 10.2 Å². The van der Waals surface area contributed by atoms with Crippen molar-refractivity contribution >= 4 is 32.2 Å². The lowest BCUT2D eigenvalue weighted by Crippen LogP contribution is -2.48. The van der Waals surface area contributed by atoms with E-state index in [0.29, 0.717) is 37.7 Å². The highest BCUT2D eigenvalue weighted by Crippen LogP contribution is 2.29. The number of rotatable bonds is 5. The summed E-state index contributed by atoms with van der Waals surface area (Å²) < 4.78 is 27.3. The number of hydrogen-bond donors (Lipinski definition) is 0. The number of benzene rings is 1. The summed E-state index contributed by atoms with van der Waals surface area (Å²) >= 11 is 1.52. The Labute approximate surface area is 161 Å². The first-order valence-electron chi connectivity index (χ1n) is 8.53. The molecule has 2 heterocycles. The topological polar surface area (TPSA) is 110 Å². The van der Waals surface area contributed by atoms with Gasteiger partial charge in [0.05, 0.1) is 9.82 Å². The van der Waals surface area contributed by atoms with Gasteiger partial charge in [0.2, 0.25) is 15.2 Å². The molecule has 0 atom stereocenters. The fraction of sp³-hybridized carbons (Fsp3) is 0.500. The van der Waals surface area contributed by atoms with E-state index in [1.54, 1.807) is 6.92 Å². The summed E-state index contributed by atoms with van der Waals surface area (Å²) in [6, 6.07) is 3.92. The number of aromatic nitrogens is 2. The predicted molar refractivity (Wildman–Crippen MR) is 103 cm³/mol. The van der Waals surface area contributed by atoms with Crippen LogP contribution in [0.3, 0.4) is 0 Å². The molecule has 3 rings (SSSR count). The Morgan fingerprint density at radius 2 is 1.85 bits per heavy atom. The molecule has 0 aliphatic carbocycles. The molecule has 1 saturated heterocycles. The van der Waals surface area contributed by atoms with Crippen molar-refractivity contribution in [2.75, 3.05) is 31.1 Å². The van der Waals surface area contributed by atoms with Gasteiger partial charge in [-0.3, -0.25) is 10.1 Å². The molecule has 1 fully saturated rings. The largest absolute Gasteiger partial charge is 0.344 e. The van der Waals surface area contributed by atoms with Crippen LogP contribution in [-0.2, 0) is 10.0 Å². The van der Waals surface area contributed by atoms with E-state index in [1.165, 1.54) is 27.8 Å². The Balaban J connectivity index is 1.76. The van der Waals surface area contributed by atoms with Crippen LogP contribution in [0.5, 0.6) is 0 Å². The number of nitro benzene ring substituents is 1. The highest BCUT2D eigenvalue weighted by molar-refractivity contribution is 7.89. The van der Waals surface area contributed by atoms with E-state index in [-0.39, 0.29) is 10.6 Å². The number of anilines is 1. The number of non-ortho nitro benzene ring substituents is 1. The second-order valence-corrected chi connectivity index (χ2v) is 9.57. The molecule has 0 radical (unpaired) electrons. The maximum atomic E-state index is 13.0. The molecule has 1 aromatic carbocycles. The van der Waals surface area contributed by atoms with Crippen LogP contribution in [-0.4, -0.2) is 54.0 Å². The van der Waals surface area contributed by atoms with E-state index < -0.39 is 14.9 Å². The quantitative estimate of drug-likeness (QED) is 0.549. The maximum Gasteiger partial charge on any atom is 0.270 e. The molecule has 2 aromatic rings. The van der Waals surface area contributed by atoms with Gasteiger partial charge in [-0.2, -0.15) is 4.31 Å². The molecular weight excluding hydrogens is 390 g/mol. The molecule has 0 N–H and O–H groups in total. The summed E-state index contributed by atoms with van der Waals surface area (Å²) in [5.74, 6) is 0.301. The van der Waals surface area contributed by atoms with Crippen LogP contribution in [0, 0.1) is 17.0 Å². The van der Waals surface area contributed by atoms with Gasteiger partial charge in [0.1, 0.15) is 5.01 Å². The third-order valence-electron chi connectivity index (χ3n) is 4.43. The van der Waals surface area contributed by atoms with Crippen LogP contribution >= 0.6 is 11.3 Å². The van der Waals surface area contributed by atoms with Crippen molar-refractivity contribution in [3.63, 3.8) is 0 Å². The number of nitrogens with zero attached hydrogens (tertiary/aromatic N) is 5. The van der Waals surface area contributed by atoms with Crippen LogP contribution in [0.2, 0.25) is 0 Å². The molecule has 1 aliphatic heterocycles. The van der Waals surface area contributed by atoms with E-state index in [1.807, 2.05) is 4.90 Å². The number of piperazine rings is 1. The third-order valence-corrected chi connectivity index (χ3v) is 7.76. The summed E-state index contributed by atoms with van der Waals surface area (Å²) in [5.41, 5.74) is 0.265. The fourth-order valence-electron chi connectivity index (χ4n) is 2.83. The molecule has 9 nitrogen and oxygen atoms in total. The molecule has 1 aliphatic rings. The molecule has 27 heavy (non-hydrogen) atoms. The monoisotopic (exact) mass is 411 g/mol. The number of sulfonamides is 1. The van der Waals surface area contributed by atoms with E-state index in [0.717, 1.165) is 16.2 Å². The number of aryl methyl sites for hydroxylation is 1. The fourth-order valence-corrected chi connectivity index (χ4v) is 5.39. The van der Waals surface area contributed by atoms with E-state index >= 15 is 0 Å². The van der Waals surface area contributed by atoms with Crippen LogP contribution in [0.25, 0.3) is 0 Å². The smallest absolute Gasteiger partial charge is 0.270 e. The minimum Gasteiger partial charge on any atom is -0.344 e. The van der Waals surface area contributed by atoms with Gasteiger partial charge >= 0.3 is 0 Å². The first-order chi connectivity index (χ1) is 12.7. The highest BCUT2D eigenvalue weighted by atomic mass is 32.2. The van der Waals surface area contributed by atoms with Gasteiger partial charge in [0.15, 0.2) is 0 Å². The van der Waals surface area contributed by atoms with Crippen molar-refractivity contribution in [3.05, 3.63) is 38.9 Å². The van der Waals surface area contributed by atoms with E-state index in [9.17, 15) is 18.5 Å². The zero-order valence-corrected chi connectivity index (χ0v) is 17.0. The van der Waals surface area contributed by atoms with Crippen LogP contribution in [0.4, 0.5) is 10.8 Å². The van der Waals surface area contributed by atoms with Gasteiger partial charge in [-0.05, 0) is 12.5 Å². The van der Waals surface area contributed by atoms with E-state index in [4.69, 9.17) is 0 Å². The Bertz CT molecular complexity index is 949. The second kappa shape index (κ2) is 7.49. The molecule has 0 saturated carbocycles. The van der Waals surface area contributed by atoms with Gasteiger partial charge in [-0.25, -0.2) is 8.42 Å². The van der Waals surface area contributed by atoms with Crippen molar-refractivity contribution in [3.8, 4) is 0 Å². The van der Waals surface area contributed by atoms with Crippen molar-refractivity contribution in [1.29, 1.82) is 0 Å². The minimum atomic E-state index is -3.79. The standard InChI is InChI=1S/C16H21N5O4S2/c1-11(2)15-17-18-16(26-15)19-6-8-20(9-7-19)27(24,25)14-10-13(21(22)23)5-4-12(14)3/h4-5,10-11H,6-9H2,1-3H3. The van der Waals surface area contributed by atoms with Crippen LogP contribution in [0.15, 0.2) is 23.1 Å². The number of hydrogen-bond acceptors (Lipinski definition) is 8. The molecule has 1 aromatic heterocycles. The Hall–Kier alpha value is -2.11. The molecular formula is C16H21N5O4S2. The SMILES string of the molecule is Cc1ccc([N+](=O)[O-])cc1S(=O)(=O)N1CCN(c2nnc(C(C)C)s2)CC1. The Morgan fingerprint density at radius 1 is 1.19 bits per heavy atom. The zero-order valence-electron chi connectivity index (χ0n) is 15.3. The zero-order chi connectivity index (χ0) is 19.8. The van der Waals surface area contributed by atoms with Crippen molar-refractivity contribution in [2.24, 2.45) is 0 Å². The summed E-state index contributed by atoms with van der Waals surface area (Å²) in [7, 11) is -3.79. The molecule has 11 heteroatoms. The van der Waals surface area contributed by atoms with Gasteiger partial charge in [0.25, 0.3) is 5.69 Å². The lowest BCUT2D eigenvalue weighted by Gasteiger charge is -2.33. The first-order valence-corrected chi connectivity index (χ1v) is 10.8. The maximum absolute atomic E-state index is 13.0. The second-order valence-electron chi connectivity index (χ2n) is 6.68. The molecule has 146 valence electrons. The molecule has 0 bridgehead atoms. The predicted octanol–water partition coefficient (Wildman–Crippen LogP) is 2.39. The minimum absolute atomic E-state index is 0.0110. The van der Waals surface area contributed by atoms with Crippen molar-refractivity contribution < 1.29 is 13.3 Å². The summed E-state index contributed by atoms with van der Waals surface area (Å²) in [6.07, 6.45) is 0. The normalized spacial score (nSPS) is 16.1. The van der Waals surface area contributed by atoms with Gasteiger partial charge in [-0.1, -0.05) is 31.3 Å². The average Bonchev–Trinajstić information content (AvgIpc) is 3.12. The van der Waals surface area contributed by atoms with Gasteiger partial charge < -0.3 is 4.90 Å². The Kier molecular flexibility index (Phi) is 5.45. The van der Waals surface area contributed by atoms with Crippen LogP contribution in [0.1, 0.15) is 30.3 Å². The van der Waals surface area contributed by atoms with Crippen LogP contribution < -0.4 is 4.90 Å². The average molecular weight is 412 g/mol.